The minimum absolute atomic E-state index is 0.309. The predicted octanol–water partition coefficient (Wildman–Crippen LogP) is 1.99. The topological polar surface area (TPSA) is 75.6 Å². The molecule has 1 aliphatic heterocycles. The van der Waals surface area contributed by atoms with Crippen molar-refractivity contribution in [2.24, 2.45) is 5.92 Å². The third-order valence-electron chi connectivity index (χ3n) is 3.86. The first-order valence-corrected chi connectivity index (χ1v) is 8.44. The van der Waals surface area contributed by atoms with Gasteiger partial charge < -0.3 is 15.2 Å². The highest BCUT2D eigenvalue weighted by Crippen LogP contribution is 2.34. The van der Waals surface area contributed by atoms with E-state index in [1.54, 1.807) is 13.8 Å². The zero-order valence-electron chi connectivity index (χ0n) is 13.7. The average Bonchev–Trinajstić information content (AvgIpc) is 2.54. The van der Waals surface area contributed by atoms with Crippen LogP contribution in [0.4, 0.5) is 0 Å². The number of aryl methyl sites for hydroxylation is 1. The number of allylic oxidation sites excluding steroid dienone is 2. The molecule has 0 fully saturated rings. The molecule has 0 aromatic heterocycles. The Labute approximate surface area is 138 Å². The Hall–Kier alpha value is -1.92. The lowest BCUT2D eigenvalue weighted by atomic mass is 9.94. The van der Waals surface area contributed by atoms with Crippen LogP contribution in [0.3, 0.4) is 0 Å². The smallest absolute Gasteiger partial charge is 0.336 e. The van der Waals surface area contributed by atoms with Gasteiger partial charge in [-0.1, -0.05) is 24.6 Å². The Kier molecular flexibility index (Phi) is 5.38. The summed E-state index contributed by atoms with van der Waals surface area (Å²) in [5.74, 6) is -0.937. The van der Waals surface area contributed by atoms with Gasteiger partial charge in [-0.15, -0.1) is 0 Å². The summed E-state index contributed by atoms with van der Waals surface area (Å²) in [6, 6.07) is 7.45. The molecule has 2 atom stereocenters. The second-order valence-electron chi connectivity index (χ2n) is 5.46. The largest absolute Gasteiger partial charge is 0.466 e. The number of carbonyl (C=O) groups excluding carboxylic acids is 1. The molecule has 6 heteroatoms. The van der Waals surface area contributed by atoms with Gasteiger partial charge in [0.05, 0.1) is 35.8 Å². The predicted molar refractivity (Wildman–Crippen MR) is 88.7 cm³/mol. The number of hydrogen-bond acceptors (Lipinski definition) is 5. The van der Waals surface area contributed by atoms with Crippen molar-refractivity contribution in [1.29, 1.82) is 0 Å². The number of dihydropyridines is 1. The Morgan fingerprint density at radius 3 is 2.43 bits per heavy atom. The fourth-order valence-electron chi connectivity index (χ4n) is 2.70. The van der Waals surface area contributed by atoms with Gasteiger partial charge in [0.2, 0.25) is 0 Å². The highest BCUT2D eigenvalue weighted by atomic mass is 32.2. The zero-order valence-corrected chi connectivity index (χ0v) is 14.5. The molecule has 2 N–H and O–H groups in total. The zero-order chi connectivity index (χ0) is 17.1. The highest BCUT2D eigenvalue weighted by molar-refractivity contribution is 7.89. The van der Waals surface area contributed by atoms with Crippen LogP contribution in [0.5, 0.6) is 0 Å². The van der Waals surface area contributed by atoms with Crippen molar-refractivity contribution in [2.75, 3.05) is 13.7 Å². The molecule has 0 radical (unpaired) electrons. The number of ether oxygens (including phenoxy) is 1. The first-order chi connectivity index (χ1) is 10.9. The fraction of sp³-hybridized carbons (Fsp3) is 0.353. The molecule has 0 amide bonds. The van der Waals surface area contributed by atoms with Crippen LogP contribution in [0.25, 0.3) is 0 Å². The van der Waals surface area contributed by atoms with Gasteiger partial charge in [-0.25, -0.2) is 9.00 Å². The molecule has 0 spiro atoms. The van der Waals surface area contributed by atoms with Crippen molar-refractivity contribution in [2.45, 2.75) is 25.7 Å². The van der Waals surface area contributed by atoms with E-state index in [2.05, 4.69) is 5.32 Å². The number of benzene rings is 1. The van der Waals surface area contributed by atoms with Crippen LogP contribution in [0.15, 0.2) is 51.0 Å². The van der Waals surface area contributed by atoms with Crippen molar-refractivity contribution in [3.05, 3.63) is 51.7 Å². The summed E-state index contributed by atoms with van der Waals surface area (Å²) in [6.07, 6.45) is 0. The van der Waals surface area contributed by atoms with E-state index in [1.165, 1.54) is 7.11 Å². The summed E-state index contributed by atoms with van der Waals surface area (Å²) in [7, 11) is -0.110. The molecule has 0 saturated heterocycles. The van der Waals surface area contributed by atoms with Crippen LogP contribution in [-0.2, 0) is 20.3 Å². The minimum atomic E-state index is -1.40. The third kappa shape index (κ3) is 3.38. The molecule has 0 bridgehead atoms. The number of hydrogen-bond donors (Lipinski definition) is 2. The molecule has 0 aliphatic carbocycles. The van der Waals surface area contributed by atoms with Crippen LogP contribution in [0.2, 0.25) is 0 Å². The second-order valence-corrected chi connectivity index (χ2v) is 6.91. The second kappa shape index (κ2) is 7.10. The van der Waals surface area contributed by atoms with Crippen LogP contribution < -0.4 is 5.32 Å². The van der Waals surface area contributed by atoms with Gasteiger partial charge in [-0.05, 0) is 26.0 Å². The molecular weight excluding hydrogens is 314 g/mol. The lowest BCUT2D eigenvalue weighted by molar-refractivity contribution is -0.136. The van der Waals surface area contributed by atoms with Crippen molar-refractivity contribution < 1.29 is 18.8 Å². The molecule has 1 aliphatic rings. The normalized spacial score (nSPS) is 19.4. The summed E-state index contributed by atoms with van der Waals surface area (Å²) in [6.45, 7) is 5.25. The van der Waals surface area contributed by atoms with E-state index < -0.39 is 22.7 Å². The number of rotatable bonds is 4. The molecular formula is C17H21NO4S. The standard InChI is InChI=1S/C17H21NO4S/c1-10-5-7-13(8-6-10)23(21)16-11(2)15(17(20)22-4)14(9-19)18-12(16)3/h5-8,11,18-19H,9H2,1-4H3/t11-,23+/m1/s1. The average molecular weight is 335 g/mol. The van der Waals surface area contributed by atoms with E-state index in [-0.39, 0.29) is 6.61 Å². The molecule has 0 unspecified atom stereocenters. The summed E-state index contributed by atoms with van der Waals surface area (Å²) in [5, 5.41) is 12.5. The molecule has 1 aromatic rings. The maximum Gasteiger partial charge on any atom is 0.336 e. The Morgan fingerprint density at radius 2 is 1.91 bits per heavy atom. The van der Waals surface area contributed by atoms with Gasteiger partial charge in [-0.3, -0.25) is 0 Å². The van der Waals surface area contributed by atoms with Gasteiger partial charge in [0.15, 0.2) is 0 Å². The van der Waals surface area contributed by atoms with Gasteiger partial charge >= 0.3 is 5.97 Å². The molecule has 5 nitrogen and oxygen atoms in total. The van der Waals surface area contributed by atoms with Gasteiger partial charge in [0.1, 0.15) is 0 Å². The van der Waals surface area contributed by atoms with Crippen LogP contribution >= 0.6 is 0 Å². The van der Waals surface area contributed by atoms with E-state index in [0.717, 1.165) is 5.56 Å². The van der Waals surface area contributed by atoms with Crippen LogP contribution in [0, 0.1) is 12.8 Å². The van der Waals surface area contributed by atoms with Gasteiger partial charge in [0.25, 0.3) is 0 Å². The maximum atomic E-state index is 13.0. The number of aliphatic hydroxyl groups is 1. The number of carbonyl (C=O) groups is 1. The summed E-state index contributed by atoms with van der Waals surface area (Å²) >= 11 is 0. The quantitative estimate of drug-likeness (QED) is 0.823. The van der Waals surface area contributed by atoms with Crippen molar-refractivity contribution >= 4 is 16.8 Å². The van der Waals surface area contributed by atoms with E-state index in [9.17, 15) is 14.1 Å². The van der Waals surface area contributed by atoms with Crippen molar-refractivity contribution in [3.63, 3.8) is 0 Å². The molecule has 0 saturated carbocycles. The van der Waals surface area contributed by atoms with E-state index >= 15 is 0 Å². The van der Waals surface area contributed by atoms with Crippen LogP contribution in [-0.4, -0.2) is 29.0 Å². The van der Waals surface area contributed by atoms with E-state index in [4.69, 9.17) is 4.74 Å². The molecule has 1 heterocycles. The Bertz CT molecular complexity index is 704. The lowest BCUT2D eigenvalue weighted by Crippen LogP contribution is -2.32. The monoisotopic (exact) mass is 335 g/mol. The first-order valence-electron chi connectivity index (χ1n) is 7.29. The first kappa shape index (κ1) is 17.4. The number of esters is 1. The van der Waals surface area contributed by atoms with Crippen molar-refractivity contribution in [3.8, 4) is 0 Å². The Morgan fingerprint density at radius 1 is 1.30 bits per heavy atom. The Balaban J connectivity index is 2.44. The molecule has 1 aromatic carbocycles. The van der Waals surface area contributed by atoms with Gasteiger partial charge in [-0.2, -0.15) is 0 Å². The van der Waals surface area contributed by atoms with Crippen molar-refractivity contribution in [1.82, 2.24) is 5.32 Å². The fourth-order valence-corrected chi connectivity index (χ4v) is 4.10. The number of aliphatic hydroxyl groups excluding tert-OH is 1. The summed E-state index contributed by atoms with van der Waals surface area (Å²) < 4.78 is 17.8. The number of methoxy groups -OCH3 is 1. The van der Waals surface area contributed by atoms with Crippen LogP contribution in [0.1, 0.15) is 19.4 Å². The van der Waals surface area contributed by atoms with E-state index in [0.29, 0.717) is 26.8 Å². The maximum absolute atomic E-state index is 13.0. The molecule has 2 rings (SSSR count). The lowest BCUT2D eigenvalue weighted by Gasteiger charge is -2.28. The SMILES string of the molecule is COC(=O)C1=C(CO)NC(C)=C([S@@](=O)c2ccc(C)cc2)[C@@H]1C. The third-order valence-corrected chi connectivity index (χ3v) is 5.62. The number of nitrogens with one attached hydrogen (secondary N) is 1. The molecule has 124 valence electrons. The highest BCUT2D eigenvalue weighted by Gasteiger charge is 2.33. The van der Waals surface area contributed by atoms with Gasteiger partial charge in [0, 0.05) is 21.4 Å². The van der Waals surface area contributed by atoms with E-state index in [1.807, 2.05) is 31.2 Å². The summed E-state index contributed by atoms with van der Waals surface area (Å²) in [5.41, 5.74) is 2.49. The minimum Gasteiger partial charge on any atom is -0.466 e. The summed E-state index contributed by atoms with van der Waals surface area (Å²) in [4.78, 5) is 13.3. The molecule has 23 heavy (non-hydrogen) atoms.